The highest BCUT2D eigenvalue weighted by Gasteiger charge is 2.22. The monoisotopic (exact) mass is 196 g/mol. The van der Waals surface area contributed by atoms with Gasteiger partial charge in [-0.3, -0.25) is 4.79 Å². The molecule has 0 spiro atoms. The molecule has 76 valence electrons. The van der Waals surface area contributed by atoms with E-state index in [0.29, 0.717) is 17.4 Å². The van der Waals surface area contributed by atoms with Crippen molar-refractivity contribution >= 4 is 6.29 Å². The Morgan fingerprint density at radius 2 is 2.14 bits per heavy atom. The van der Waals surface area contributed by atoms with Gasteiger partial charge in [-0.15, -0.1) is 0 Å². The SMILES string of the molecule is CC(C)(CO)c1ccc(F)cc1C=O. The fourth-order valence-corrected chi connectivity index (χ4v) is 1.33. The molecule has 0 unspecified atom stereocenters. The summed E-state index contributed by atoms with van der Waals surface area (Å²) in [5, 5.41) is 9.13. The molecule has 0 aliphatic heterocycles. The Morgan fingerprint density at radius 1 is 1.50 bits per heavy atom. The number of carbonyl (C=O) groups is 1. The van der Waals surface area contributed by atoms with Crippen LogP contribution in [0.15, 0.2) is 18.2 Å². The van der Waals surface area contributed by atoms with Crippen LogP contribution in [0.3, 0.4) is 0 Å². The molecule has 1 rings (SSSR count). The van der Waals surface area contributed by atoms with Gasteiger partial charge in [0.05, 0.1) is 6.61 Å². The van der Waals surface area contributed by atoms with E-state index in [9.17, 15) is 9.18 Å². The molecule has 0 radical (unpaired) electrons. The fraction of sp³-hybridized carbons (Fsp3) is 0.364. The zero-order valence-electron chi connectivity index (χ0n) is 8.25. The summed E-state index contributed by atoms with van der Waals surface area (Å²) < 4.78 is 12.8. The minimum Gasteiger partial charge on any atom is -0.395 e. The van der Waals surface area contributed by atoms with E-state index in [0.717, 1.165) is 0 Å². The minimum absolute atomic E-state index is 0.0839. The fourth-order valence-electron chi connectivity index (χ4n) is 1.33. The third kappa shape index (κ3) is 1.99. The zero-order valence-corrected chi connectivity index (χ0v) is 8.25. The first-order valence-corrected chi connectivity index (χ1v) is 4.37. The third-order valence-electron chi connectivity index (χ3n) is 2.26. The molecule has 0 heterocycles. The second kappa shape index (κ2) is 3.88. The van der Waals surface area contributed by atoms with Gasteiger partial charge in [-0.2, -0.15) is 0 Å². The molecule has 0 bridgehead atoms. The quantitative estimate of drug-likeness (QED) is 0.750. The van der Waals surface area contributed by atoms with Gasteiger partial charge in [-0.1, -0.05) is 19.9 Å². The Kier molecular flexibility index (Phi) is 3.01. The van der Waals surface area contributed by atoms with Crippen LogP contribution in [-0.4, -0.2) is 18.0 Å². The Morgan fingerprint density at radius 3 is 2.64 bits per heavy atom. The maximum absolute atomic E-state index is 12.8. The molecule has 14 heavy (non-hydrogen) atoms. The van der Waals surface area contributed by atoms with Gasteiger partial charge in [0.2, 0.25) is 0 Å². The lowest BCUT2D eigenvalue weighted by molar-refractivity contribution is 0.111. The van der Waals surface area contributed by atoms with Crippen LogP contribution < -0.4 is 0 Å². The molecule has 0 fully saturated rings. The number of aliphatic hydroxyl groups is 1. The summed E-state index contributed by atoms with van der Waals surface area (Å²) in [5.74, 6) is -0.440. The number of aliphatic hydroxyl groups excluding tert-OH is 1. The predicted octanol–water partition coefficient (Wildman–Crippen LogP) is 1.91. The number of hydrogen-bond donors (Lipinski definition) is 1. The highest BCUT2D eigenvalue weighted by Crippen LogP contribution is 2.25. The maximum atomic E-state index is 12.8. The van der Waals surface area contributed by atoms with Gasteiger partial charge in [0.15, 0.2) is 0 Å². The first-order valence-electron chi connectivity index (χ1n) is 4.37. The summed E-state index contributed by atoms with van der Waals surface area (Å²) in [6, 6.07) is 4.01. The normalized spacial score (nSPS) is 11.4. The van der Waals surface area contributed by atoms with Gasteiger partial charge >= 0.3 is 0 Å². The average molecular weight is 196 g/mol. The molecule has 0 aliphatic carbocycles. The molecule has 1 aromatic carbocycles. The van der Waals surface area contributed by atoms with Crippen LogP contribution >= 0.6 is 0 Å². The van der Waals surface area contributed by atoms with Gasteiger partial charge in [0.1, 0.15) is 12.1 Å². The van der Waals surface area contributed by atoms with E-state index in [1.165, 1.54) is 18.2 Å². The van der Waals surface area contributed by atoms with E-state index in [2.05, 4.69) is 0 Å². The lowest BCUT2D eigenvalue weighted by Gasteiger charge is -2.23. The van der Waals surface area contributed by atoms with Crippen molar-refractivity contribution in [2.45, 2.75) is 19.3 Å². The van der Waals surface area contributed by atoms with Gasteiger partial charge < -0.3 is 5.11 Å². The van der Waals surface area contributed by atoms with Crippen LogP contribution in [-0.2, 0) is 5.41 Å². The number of hydrogen-bond acceptors (Lipinski definition) is 2. The van der Waals surface area contributed by atoms with Crippen molar-refractivity contribution in [1.29, 1.82) is 0 Å². The second-order valence-corrected chi connectivity index (χ2v) is 3.89. The van der Waals surface area contributed by atoms with E-state index >= 15 is 0 Å². The molecule has 0 aliphatic rings. The summed E-state index contributed by atoms with van der Waals surface area (Å²) in [6.45, 7) is 3.51. The van der Waals surface area contributed by atoms with Crippen molar-refractivity contribution in [1.82, 2.24) is 0 Å². The lowest BCUT2D eigenvalue weighted by Crippen LogP contribution is -2.23. The molecular formula is C11H13FO2. The second-order valence-electron chi connectivity index (χ2n) is 3.89. The maximum Gasteiger partial charge on any atom is 0.150 e. The van der Waals surface area contributed by atoms with Crippen LogP contribution in [0.1, 0.15) is 29.8 Å². The van der Waals surface area contributed by atoms with E-state index in [-0.39, 0.29) is 6.61 Å². The Hall–Kier alpha value is -1.22. The smallest absolute Gasteiger partial charge is 0.150 e. The third-order valence-corrected chi connectivity index (χ3v) is 2.26. The minimum atomic E-state index is -0.524. The molecule has 1 N–H and O–H groups in total. The van der Waals surface area contributed by atoms with E-state index in [4.69, 9.17) is 5.11 Å². The molecule has 0 saturated carbocycles. The van der Waals surface area contributed by atoms with Crippen LogP contribution in [0, 0.1) is 5.82 Å². The van der Waals surface area contributed by atoms with Gasteiger partial charge in [-0.25, -0.2) is 4.39 Å². The molecular weight excluding hydrogens is 183 g/mol. The molecule has 0 amide bonds. The van der Waals surface area contributed by atoms with Crippen LogP contribution in [0.4, 0.5) is 4.39 Å². The number of benzene rings is 1. The van der Waals surface area contributed by atoms with Crippen molar-refractivity contribution in [2.24, 2.45) is 0 Å². The van der Waals surface area contributed by atoms with Crippen molar-refractivity contribution in [3.63, 3.8) is 0 Å². The summed E-state index contributed by atoms with van der Waals surface area (Å²) >= 11 is 0. The van der Waals surface area contributed by atoms with Gasteiger partial charge in [0.25, 0.3) is 0 Å². The van der Waals surface area contributed by atoms with Crippen molar-refractivity contribution in [2.75, 3.05) is 6.61 Å². The summed E-state index contributed by atoms with van der Waals surface area (Å²) in [7, 11) is 0. The highest BCUT2D eigenvalue weighted by atomic mass is 19.1. The number of carbonyl (C=O) groups excluding carboxylic acids is 1. The van der Waals surface area contributed by atoms with Crippen LogP contribution in [0.25, 0.3) is 0 Å². The molecule has 0 aromatic heterocycles. The zero-order chi connectivity index (χ0) is 10.8. The molecule has 2 nitrogen and oxygen atoms in total. The average Bonchev–Trinajstić information content (AvgIpc) is 2.17. The Labute approximate surface area is 82.4 Å². The largest absolute Gasteiger partial charge is 0.395 e. The first-order chi connectivity index (χ1) is 6.51. The Balaban J connectivity index is 3.27. The summed E-state index contributed by atoms with van der Waals surface area (Å²) in [6.07, 6.45) is 0.607. The number of rotatable bonds is 3. The first kappa shape index (κ1) is 10.9. The van der Waals surface area contributed by atoms with Crippen molar-refractivity contribution < 1.29 is 14.3 Å². The Bertz CT molecular complexity index is 345. The van der Waals surface area contributed by atoms with Crippen molar-refractivity contribution in [3.8, 4) is 0 Å². The highest BCUT2D eigenvalue weighted by molar-refractivity contribution is 5.78. The van der Waals surface area contributed by atoms with Crippen molar-refractivity contribution in [3.05, 3.63) is 35.1 Å². The van der Waals surface area contributed by atoms with Gasteiger partial charge in [0, 0.05) is 11.0 Å². The predicted molar refractivity (Wildman–Crippen MR) is 51.9 cm³/mol. The molecule has 1 aromatic rings. The number of halogens is 1. The van der Waals surface area contributed by atoms with E-state index in [1.807, 2.05) is 0 Å². The van der Waals surface area contributed by atoms with Crippen LogP contribution in [0.5, 0.6) is 0 Å². The summed E-state index contributed by atoms with van der Waals surface area (Å²) in [4.78, 5) is 10.7. The molecule has 0 saturated heterocycles. The van der Waals surface area contributed by atoms with E-state index in [1.54, 1.807) is 13.8 Å². The van der Waals surface area contributed by atoms with Crippen LogP contribution in [0.2, 0.25) is 0 Å². The lowest BCUT2D eigenvalue weighted by atomic mass is 9.83. The topological polar surface area (TPSA) is 37.3 Å². The standard InChI is InChI=1S/C11H13FO2/c1-11(2,7-14)10-4-3-9(12)5-8(10)6-13/h3-6,14H,7H2,1-2H3. The van der Waals surface area contributed by atoms with Gasteiger partial charge in [-0.05, 0) is 17.7 Å². The molecule has 3 heteroatoms. The summed E-state index contributed by atoms with van der Waals surface area (Å²) in [5.41, 5.74) is 0.435. The number of aldehydes is 1. The molecule has 0 atom stereocenters. The van der Waals surface area contributed by atoms with E-state index < -0.39 is 11.2 Å².